The molecule has 1 N–H and O–H groups in total. The van der Waals surface area contributed by atoms with Gasteiger partial charge < -0.3 is 15.0 Å². The Hall–Kier alpha value is -0.120. The maximum atomic E-state index is 5.58. The third-order valence-electron chi connectivity index (χ3n) is 3.80. The number of ether oxygens (including phenoxy) is 1. The second-order valence-corrected chi connectivity index (χ2v) is 4.87. The molecule has 0 aromatic carbocycles. The fourth-order valence-electron chi connectivity index (χ4n) is 2.46. The molecular weight excluding hydrogens is 176 g/mol. The van der Waals surface area contributed by atoms with Gasteiger partial charge in [0, 0.05) is 26.2 Å². The van der Waals surface area contributed by atoms with E-state index in [-0.39, 0.29) is 5.60 Å². The summed E-state index contributed by atoms with van der Waals surface area (Å²) in [5, 5.41) is 3.64. The van der Waals surface area contributed by atoms with Crippen molar-refractivity contribution < 1.29 is 4.74 Å². The number of nitrogens with one attached hydrogen (secondary N) is 1. The van der Waals surface area contributed by atoms with Crippen molar-refractivity contribution in [3.63, 3.8) is 0 Å². The molecule has 2 aliphatic rings. The second kappa shape index (κ2) is 4.17. The summed E-state index contributed by atoms with van der Waals surface area (Å²) >= 11 is 0. The van der Waals surface area contributed by atoms with E-state index in [0.717, 1.165) is 6.54 Å². The van der Waals surface area contributed by atoms with Crippen LogP contribution in [-0.4, -0.2) is 50.3 Å². The van der Waals surface area contributed by atoms with Gasteiger partial charge in [0.15, 0.2) is 0 Å². The van der Waals surface area contributed by atoms with Crippen LogP contribution in [0.1, 0.15) is 25.7 Å². The van der Waals surface area contributed by atoms with Crippen molar-refractivity contribution in [3.05, 3.63) is 0 Å². The van der Waals surface area contributed by atoms with Gasteiger partial charge in [0.2, 0.25) is 0 Å². The number of hydrogen-bond donors (Lipinski definition) is 1. The van der Waals surface area contributed by atoms with Crippen molar-refractivity contribution in [2.24, 2.45) is 0 Å². The molecule has 0 bridgehead atoms. The van der Waals surface area contributed by atoms with Gasteiger partial charge in [0.1, 0.15) is 0 Å². The number of methoxy groups -OCH3 is 1. The zero-order chi connectivity index (χ0) is 10.0. The molecule has 1 aliphatic heterocycles. The average Bonchev–Trinajstić information content (AvgIpc) is 2.50. The van der Waals surface area contributed by atoms with Crippen LogP contribution in [0.4, 0.5) is 0 Å². The lowest BCUT2D eigenvalue weighted by molar-refractivity contribution is -0.0706. The van der Waals surface area contributed by atoms with Gasteiger partial charge in [-0.2, -0.15) is 0 Å². The molecule has 0 spiro atoms. The lowest BCUT2D eigenvalue weighted by atomic mass is 9.80. The number of rotatable bonds is 4. The van der Waals surface area contributed by atoms with Crippen molar-refractivity contribution in [2.45, 2.75) is 37.3 Å². The van der Waals surface area contributed by atoms with E-state index < -0.39 is 0 Å². The molecule has 0 radical (unpaired) electrons. The molecule has 3 heteroatoms. The number of nitrogens with zero attached hydrogens (tertiary/aromatic N) is 1. The van der Waals surface area contributed by atoms with Gasteiger partial charge in [-0.1, -0.05) is 0 Å². The van der Waals surface area contributed by atoms with E-state index in [4.69, 9.17) is 4.74 Å². The molecular formula is C11H22N2O. The molecule has 1 atom stereocenters. The third-order valence-corrected chi connectivity index (χ3v) is 3.80. The predicted molar refractivity (Wildman–Crippen MR) is 57.5 cm³/mol. The van der Waals surface area contributed by atoms with E-state index in [1.165, 1.54) is 38.8 Å². The Morgan fingerprint density at radius 2 is 2.29 bits per heavy atom. The molecule has 1 heterocycles. The van der Waals surface area contributed by atoms with Crippen molar-refractivity contribution >= 4 is 0 Å². The molecule has 1 aliphatic carbocycles. The zero-order valence-electron chi connectivity index (χ0n) is 9.38. The quantitative estimate of drug-likeness (QED) is 0.725. The van der Waals surface area contributed by atoms with Crippen LogP contribution < -0.4 is 5.32 Å². The Balaban J connectivity index is 1.71. The summed E-state index contributed by atoms with van der Waals surface area (Å²) in [5.41, 5.74) is 0.182. The van der Waals surface area contributed by atoms with Crippen molar-refractivity contribution in [2.75, 3.05) is 33.8 Å². The van der Waals surface area contributed by atoms with Crippen molar-refractivity contribution in [1.82, 2.24) is 10.2 Å². The number of hydrogen-bond acceptors (Lipinski definition) is 3. The van der Waals surface area contributed by atoms with Gasteiger partial charge >= 0.3 is 0 Å². The van der Waals surface area contributed by atoms with Crippen LogP contribution in [0.15, 0.2) is 0 Å². The largest absolute Gasteiger partial charge is 0.377 e. The SMILES string of the molecule is COC1(CNC2CCN(C)C2)CCC1. The first-order valence-corrected chi connectivity index (χ1v) is 5.71. The van der Waals surface area contributed by atoms with Gasteiger partial charge in [0.25, 0.3) is 0 Å². The molecule has 1 saturated heterocycles. The van der Waals surface area contributed by atoms with Gasteiger partial charge in [-0.3, -0.25) is 0 Å². The highest BCUT2D eigenvalue weighted by molar-refractivity contribution is 4.93. The Labute approximate surface area is 86.8 Å². The second-order valence-electron chi connectivity index (χ2n) is 4.87. The van der Waals surface area contributed by atoms with Crippen LogP contribution in [0.25, 0.3) is 0 Å². The van der Waals surface area contributed by atoms with E-state index >= 15 is 0 Å². The van der Waals surface area contributed by atoms with E-state index in [0.29, 0.717) is 6.04 Å². The van der Waals surface area contributed by atoms with Crippen LogP contribution in [0, 0.1) is 0 Å². The van der Waals surface area contributed by atoms with Crippen LogP contribution in [0.3, 0.4) is 0 Å². The van der Waals surface area contributed by atoms with Gasteiger partial charge in [0.05, 0.1) is 5.60 Å². The number of likely N-dealkylation sites (N-methyl/N-ethyl adjacent to an activating group) is 1. The van der Waals surface area contributed by atoms with Gasteiger partial charge in [-0.05, 0) is 39.3 Å². The molecule has 0 aromatic heterocycles. The summed E-state index contributed by atoms with van der Waals surface area (Å²) in [7, 11) is 4.04. The zero-order valence-corrected chi connectivity index (χ0v) is 9.38. The molecule has 1 saturated carbocycles. The van der Waals surface area contributed by atoms with Crippen molar-refractivity contribution in [3.8, 4) is 0 Å². The minimum atomic E-state index is 0.182. The lowest BCUT2D eigenvalue weighted by Gasteiger charge is -2.41. The van der Waals surface area contributed by atoms with Gasteiger partial charge in [-0.25, -0.2) is 0 Å². The van der Waals surface area contributed by atoms with Crippen LogP contribution >= 0.6 is 0 Å². The van der Waals surface area contributed by atoms with Crippen molar-refractivity contribution in [1.29, 1.82) is 0 Å². The first-order valence-electron chi connectivity index (χ1n) is 5.71. The molecule has 1 unspecified atom stereocenters. The Morgan fingerprint density at radius 3 is 2.71 bits per heavy atom. The van der Waals surface area contributed by atoms with E-state index in [1.807, 2.05) is 7.11 Å². The summed E-state index contributed by atoms with van der Waals surface area (Å²) in [4.78, 5) is 2.39. The van der Waals surface area contributed by atoms with E-state index in [2.05, 4.69) is 17.3 Å². The van der Waals surface area contributed by atoms with Crippen LogP contribution in [-0.2, 0) is 4.74 Å². The Morgan fingerprint density at radius 1 is 1.50 bits per heavy atom. The van der Waals surface area contributed by atoms with Crippen LogP contribution in [0.5, 0.6) is 0 Å². The monoisotopic (exact) mass is 198 g/mol. The first-order chi connectivity index (χ1) is 6.74. The van der Waals surface area contributed by atoms with E-state index in [1.54, 1.807) is 0 Å². The number of likely N-dealkylation sites (tertiary alicyclic amines) is 1. The smallest absolute Gasteiger partial charge is 0.0802 e. The summed E-state index contributed by atoms with van der Waals surface area (Å²) in [5.74, 6) is 0. The normalized spacial score (nSPS) is 31.7. The maximum absolute atomic E-state index is 5.58. The summed E-state index contributed by atoms with van der Waals surface area (Å²) in [6.45, 7) is 3.47. The summed E-state index contributed by atoms with van der Waals surface area (Å²) in [6, 6.07) is 0.688. The Bertz CT molecular complexity index is 186. The predicted octanol–water partition coefficient (Wildman–Crippen LogP) is 0.849. The summed E-state index contributed by atoms with van der Waals surface area (Å²) < 4.78 is 5.58. The van der Waals surface area contributed by atoms with Gasteiger partial charge in [-0.15, -0.1) is 0 Å². The molecule has 2 fully saturated rings. The minimum absolute atomic E-state index is 0.182. The lowest BCUT2D eigenvalue weighted by Crippen LogP contribution is -2.50. The molecule has 14 heavy (non-hydrogen) atoms. The minimum Gasteiger partial charge on any atom is -0.377 e. The van der Waals surface area contributed by atoms with Crippen LogP contribution in [0.2, 0.25) is 0 Å². The molecule has 82 valence electrons. The fraction of sp³-hybridized carbons (Fsp3) is 1.00. The maximum Gasteiger partial charge on any atom is 0.0802 e. The highest BCUT2D eigenvalue weighted by Gasteiger charge is 2.37. The fourth-order valence-corrected chi connectivity index (χ4v) is 2.46. The Kier molecular flexibility index (Phi) is 3.10. The summed E-state index contributed by atoms with van der Waals surface area (Å²) in [6.07, 6.45) is 5.09. The molecule has 3 nitrogen and oxygen atoms in total. The highest BCUT2D eigenvalue weighted by atomic mass is 16.5. The topological polar surface area (TPSA) is 24.5 Å². The molecule has 2 rings (SSSR count). The highest BCUT2D eigenvalue weighted by Crippen LogP contribution is 2.34. The average molecular weight is 198 g/mol. The first kappa shape index (κ1) is 10.4. The standard InChI is InChI=1S/C11H22N2O/c1-13-7-4-10(8-13)12-9-11(14-2)5-3-6-11/h10,12H,3-9H2,1-2H3. The van der Waals surface area contributed by atoms with E-state index in [9.17, 15) is 0 Å². The molecule has 0 aromatic rings. The third kappa shape index (κ3) is 2.10. The molecule has 0 amide bonds.